The van der Waals surface area contributed by atoms with E-state index in [2.05, 4.69) is 19.2 Å². The molecule has 0 amide bonds. The van der Waals surface area contributed by atoms with Crippen LogP contribution in [-0.2, 0) is 10.0 Å². The van der Waals surface area contributed by atoms with Crippen molar-refractivity contribution >= 4 is 21.8 Å². The van der Waals surface area contributed by atoms with Crippen molar-refractivity contribution < 1.29 is 8.42 Å². The molecule has 2 rings (SSSR count). The van der Waals surface area contributed by atoms with Crippen LogP contribution in [0.2, 0.25) is 0 Å². The zero-order valence-electron chi connectivity index (χ0n) is 12.9. The van der Waals surface area contributed by atoms with Gasteiger partial charge in [-0.2, -0.15) is 11.8 Å². The van der Waals surface area contributed by atoms with E-state index in [1.165, 1.54) is 17.9 Å². The average Bonchev–Trinajstić information content (AvgIpc) is 2.38. The molecule has 0 aromatic carbocycles. The van der Waals surface area contributed by atoms with Gasteiger partial charge in [-0.1, -0.05) is 13.8 Å². The first-order chi connectivity index (χ1) is 9.32. The highest BCUT2D eigenvalue weighted by Gasteiger charge is 2.32. The van der Waals surface area contributed by atoms with Gasteiger partial charge in [-0.15, -0.1) is 0 Å². The Kier molecular flexibility index (Phi) is 5.43. The van der Waals surface area contributed by atoms with Crippen LogP contribution >= 0.6 is 11.8 Å². The van der Waals surface area contributed by atoms with Gasteiger partial charge in [0.2, 0.25) is 10.0 Å². The van der Waals surface area contributed by atoms with E-state index in [0.29, 0.717) is 30.6 Å². The summed E-state index contributed by atoms with van der Waals surface area (Å²) in [5.41, 5.74) is 0.423. The molecule has 2 aliphatic rings. The molecule has 0 aromatic heterocycles. The van der Waals surface area contributed by atoms with Gasteiger partial charge in [0.25, 0.3) is 0 Å². The summed E-state index contributed by atoms with van der Waals surface area (Å²) in [6.45, 7) is 7.75. The van der Waals surface area contributed by atoms with Crippen molar-refractivity contribution in [1.82, 2.24) is 9.62 Å². The number of piperidine rings is 1. The summed E-state index contributed by atoms with van der Waals surface area (Å²) in [7, 11) is -2.99. The number of thioether (sulfide) groups is 1. The Morgan fingerprint density at radius 2 is 1.90 bits per heavy atom. The van der Waals surface area contributed by atoms with E-state index in [-0.39, 0.29) is 5.75 Å². The van der Waals surface area contributed by atoms with Crippen LogP contribution in [0.15, 0.2) is 0 Å². The molecule has 4 nitrogen and oxygen atoms in total. The van der Waals surface area contributed by atoms with E-state index in [1.54, 1.807) is 11.2 Å². The lowest BCUT2D eigenvalue weighted by atomic mass is 9.87. The zero-order valence-corrected chi connectivity index (χ0v) is 14.5. The fraction of sp³-hybridized carbons (Fsp3) is 1.00. The predicted molar refractivity (Wildman–Crippen MR) is 86.7 cm³/mol. The number of hydrogen-bond donors (Lipinski definition) is 1. The van der Waals surface area contributed by atoms with E-state index in [4.69, 9.17) is 0 Å². The Bertz CT molecular complexity index is 415. The minimum Gasteiger partial charge on any atom is -0.310 e. The lowest BCUT2D eigenvalue weighted by Gasteiger charge is -2.39. The van der Waals surface area contributed by atoms with Crippen molar-refractivity contribution in [2.75, 3.05) is 30.3 Å². The second-order valence-electron chi connectivity index (χ2n) is 6.82. The molecule has 2 heterocycles. The molecule has 1 unspecified atom stereocenters. The fourth-order valence-electron chi connectivity index (χ4n) is 3.19. The molecular weight excluding hydrogens is 292 g/mol. The van der Waals surface area contributed by atoms with Gasteiger partial charge in [-0.3, -0.25) is 0 Å². The molecule has 0 aromatic rings. The Morgan fingerprint density at radius 1 is 1.25 bits per heavy atom. The third kappa shape index (κ3) is 4.36. The summed E-state index contributed by atoms with van der Waals surface area (Å²) in [6, 6.07) is 1.07. The van der Waals surface area contributed by atoms with Crippen LogP contribution in [-0.4, -0.2) is 55.2 Å². The van der Waals surface area contributed by atoms with Crippen LogP contribution in [0.4, 0.5) is 0 Å². The van der Waals surface area contributed by atoms with E-state index >= 15 is 0 Å². The maximum Gasteiger partial charge on any atom is 0.213 e. The molecule has 2 fully saturated rings. The van der Waals surface area contributed by atoms with Gasteiger partial charge in [0.1, 0.15) is 0 Å². The smallest absolute Gasteiger partial charge is 0.213 e. The fourth-order valence-corrected chi connectivity index (χ4v) is 5.61. The van der Waals surface area contributed by atoms with Gasteiger partial charge in [0.05, 0.1) is 5.75 Å². The van der Waals surface area contributed by atoms with Gasteiger partial charge in [-0.25, -0.2) is 12.7 Å². The molecule has 0 radical (unpaired) electrons. The molecule has 0 aliphatic carbocycles. The van der Waals surface area contributed by atoms with Gasteiger partial charge in [0, 0.05) is 30.9 Å². The maximum atomic E-state index is 11.8. The molecule has 2 saturated heterocycles. The summed E-state index contributed by atoms with van der Waals surface area (Å²) >= 11 is 2.04. The highest BCUT2D eigenvalue weighted by molar-refractivity contribution is 7.99. The summed E-state index contributed by atoms with van der Waals surface area (Å²) in [6.07, 6.45) is 3.12. The van der Waals surface area contributed by atoms with Crippen molar-refractivity contribution in [3.63, 3.8) is 0 Å². The SMILES string of the molecule is CCS(=O)(=O)N1CCC(NC2CSCC(C)(C)C2)CC1. The standard InChI is InChI=1S/C14H28N2O2S2/c1-4-20(17,18)16-7-5-12(6-8-16)15-13-9-14(2,3)11-19-10-13/h12-13,15H,4-11H2,1-3H3. The van der Waals surface area contributed by atoms with E-state index in [0.717, 1.165) is 12.8 Å². The lowest BCUT2D eigenvalue weighted by Crippen LogP contribution is -2.50. The third-order valence-electron chi connectivity index (χ3n) is 4.29. The van der Waals surface area contributed by atoms with E-state index in [1.807, 2.05) is 11.8 Å². The van der Waals surface area contributed by atoms with Gasteiger partial charge in [-0.05, 0) is 37.4 Å². The molecule has 118 valence electrons. The normalized spacial score (nSPS) is 29.4. The van der Waals surface area contributed by atoms with Crippen molar-refractivity contribution in [1.29, 1.82) is 0 Å². The number of sulfonamides is 1. The summed E-state index contributed by atoms with van der Waals surface area (Å²) in [5, 5.41) is 3.76. The van der Waals surface area contributed by atoms with E-state index < -0.39 is 10.0 Å². The van der Waals surface area contributed by atoms with Crippen LogP contribution in [0.3, 0.4) is 0 Å². The Hall–Kier alpha value is 0.220. The monoisotopic (exact) mass is 320 g/mol. The molecule has 2 aliphatic heterocycles. The first kappa shape index (κ1) is 16.6. The topological polar surface area (TPSA) is 49.4 Å². The van der Waals surface area contributed by atoms with Gasteiger partial charge in [0.15, 0.2) is 0 Å². The largest absolute Gasteiger partial charge is 0.310 e. The molecule has 0 spiro atoms. The Labute approximate surface area is 128 Å². The number of hydrogen-bond acceptors (Lipinski definition) is 4. The van der Waals surface area contributed by atoms with Crippen LogP contribution < -0.4 is 5.32 Å². The Balaban J connectivity index is 1.80. The Morgan fingerprint density at radius 3 is 2.45 bits per heavy atom. The quantitative estimate of drug-likeness (QED) is 0.860. The first-order valence-corrected chi connectivity index (χ1v) is 10.4. The van der Waals surface area contributed by atoms with Crippen LogP contribution in [0.1, 0.15) is 40.0 Å². The minimum atomic E-state index is -2.99. The zero-order chi connectivity index (χ0) is 14.8. The molecule has 1 atom stereocenters. The van der Waals surface area contributed by atoms with Crippen LogP contribution in [0.25, 0.3) is 0 Å². The summed E-state index contributed by atoms with van der Waals surface area (Å²) in [4.78, 5) is 0. The van der Waals surface area contributed by atoms with Gasteiger partial charge < -0.3 is 5.32 Å². The summed E-state index contributed by atoms with van der Waals surface area (Å²) in [5.74, 6) is 2.66. The molecule has 1 N–H and O–H groups in total. The van der Waals surface area contributed by atoms with Gasteiger partial charge >= 0.3 is 0 Å². The number of nitrogens with zero attached hydrogens (tertiary/aromatic N) is 1. The molecule has 20 heavy (non-hydrogen) atoms. The van der Waals surface area contributed by atoms with E-state index in [9.17, 15) is 8.42 Å². The van der Waals surface area contributed by atoms with Crippen LogP contribution in [0.5, 0.6) is 0 Å². The number of nitrogens with one attached hydrogen (secondary N) is 1. The third-order valence-corrected chi connectivity index (χ3v) is 7.80. The molecule has 6 heteroatoms. The number of rotatable bonds is 4. The summed E-state index contributed by atoms with van der Waals surface area (Å²) < 4.78 is 25.3. The minimum absolute atomic E-state index is 0.221. The molecule has 0 bridgehead atoms. The van der Waals surface area contributed by atoms with Crippen LogP contribution in [0, 0.1) is 5.41 Å². The predicted octanol–water partition coefficient (Wildman–Crippen LogP) is 1.92. The highest BCUT2D eigenvalue weighted by Crippen LogP contribution is 2.34. The van der Waals surface area contributed by atoms with Crippen molar-refractivity contribution in [3.8, 4) is 0 Å². The second kappa shape index (κ2) is 6.55. The average molecular weight is 321 g/mol. The highest BCUT2D eigenvalue weighted by atomic mass is 32.2. The molecule has 0 saturated carbocycles. The molecular formula is C14H28N2O2S2. The lowest BCUT2D eigenvalue weighted by molar-refractivity contribution is 0.247. The maximum absolute atomic E-state index is 11.8. The van der Waals surface area contributed by atoms with Crippen molar-refractivity contribution in [2.24, 2.45) is 5.41 Å². The van der Waals surface area contributed by atoms with Crippen molar-refractivity contribution in [2.45, 2.75) is 52.1 Å². The first-order valence-electron chi connectivity index (χ1n) is 7.64. The second-order valence-corrected chi connectivity index (χ2v) is 10.1. The van der Waals surface area contributed by atoms with Crippen molar-refractivity contribution in [3.05, 3.63) is 0 Å².